The standard InChI is InChI=1S/C12H14Cl2N2O2/c1-12(2,3)18-11(17)16-5-4-7-6-8(13)15-10(14)9(7)16/h6H,4-5H2,1-3H3. The summed E-state index contributed by atoms with van der Waals surface area (Å²) in [4.78, 5) is 17.5. The molecule has 0 radical (unpaired) electrons. The molecule has 0 unspecified atom stereocenters. The number of rotatable bonds is 0. The first kappa shape index (κ1) is 13.4. The topological polar surface area (TPSA) is 42.4 Å². The van der Waals surface area contributed by atoms with E-state index in [9.17, 15) is 4.79 Å². The van der Waals surface area contributed by atoms with E-state index in [-0.39, 0.29) is 5.15 Å². The Labute approximate surface area is 116 Å². The van der Waals surface area contributed by atoms with E-state index in [0.717, 1.165) is 5.56 Å². The van der Waals surface area contributed by atoms with E-state index >= 15 is 0 Å². The van der Waals surface area contributed by atoms with Crippen LogP contribution in [-0.2, 0) is 11.2 Å². The van der Waals surface area contributed by atoms with E-state index in [0.29, 0.717) is 23.8 Å². The molecule has 18 heavy (non-hydrogen) atoms. The Bertz CT molecular complexity index is 498. The molecule has 2 heterocycles. The normalized spacial score (nSPS) is 14.6. The molecule has 6 heteroatoms. The van der Waals surface area contributed by atoms with Crippen molar-refractivity contribution in [2.24, 2.45) is 0 Å². The van der Waals surface area contributed by atoms with Gasteiger partial charge in [0.05, 0.1) is 5.69 Å². The fraction of sp³-hybridized carbons (Fsp3) is 0.500. The molecule has 2 rings (SSSR count). The molecule has 0 bridgehead atoms. The molecule has 1 aliphatic heterocycles. The van der Waals surface area contributed by atoms with Gasteiger partial charge in [-0.2, -0.15) is 0 Å². The molecule has 1 aromatic rings. The molecule has 1 amide bonds. The molecule has 0 saturated heterocycles. The predicted molar refractivity (Wildman–Crippen MR) is 71.5 cm³/mol. The number of nitrogens with zero attached hydrogens (tertiary/aromatic N) is 2. The van der Waals surface area contributed by atoms with Crippen LogP contribution in [0.4, 0.5) is 10.5 Å². The number of pyridine rings is 1. The molecule has 0 atom stereocenters. The molecule has 0 N–H and O–H groups in total. The Morgan fingerprint density at radius 2 is 2.11 bits per heavy atom. The summed E-state index contributed by atoms with van der Waals surface area (Å²) in [5.41, 5.74) is 0.993. The highest BCUT2D eigenvalue weighted by Gasteiger charge is 2.31. The zero-order valence-electron chi connectivity index (χ0n) is 10.5. The summed E-state index contributed by atoms with van der Waals surface area (Å²) >= 11 is 11.9. The highest BCUT2D eigenvalue weighted by atomic mass is 35.5. The molecule has 0 spiro atoms. The van der Waals surface area contributed by atoms with Crippen molar-refractivity contribution in [2.75, 3.05) is 11.4 Å². The first-order chi connectivity index (χ1) is 8.28. The molecular weight excluding hydrogens is 275 g/mol. The highest BCUT2D eigenvalue weighted by Crippen LogP contribution is 2.36. The number of ether oxygens (including phenoxy) is 1. The average molecular weight is 289 g/mol. The van der Waals surface area contributed by atoms with Crippen molar-refractivity contribution in [1.82, 2.24) is 4.98 Å². The highest BCUT2D eigenvalue weighted by molar-refractivity contribution is 6.35. The number of hydrogen-bond donors (Lipinski definition) is 0. The van der Waals surface area contributed by atoms with E-state index in [2.05, 4.69) is 4.98 Å². The predicted octanol–water partition coefficient (Wildman–Crippen LogP) is 3.69. The van der Waals surface area contributed by atoms with Gasteiger partial charge in [0, 0.05) is 6.54 Å². The van der Waals surface area contributed by atoms with E-state index in [1.54, 1.807) is 6.07 Å². The fourth-order valence-corrected chi connectivity index (χ4v) is 2.42. The molecule has 98 valence electrons. The number of carbonyl (C=O) groups excluding carboxylic acids is 1. The molecule has 0 saturated carbocycles. The number of carbonyl (C=O) groups is 1. The summed E-state index contributed by atoms with van der Waals surface area (Å²) in [7, 11) is 0. The van der Waals surface area contributed by atoms with Crippen LogP contribution in [-0.4, -0.2) is 23.2 Å². The van der Waals surface area contributed by atoms with Crippen LogP contribution in [0.1, 0.15) is 26.3 Å². The fourth-order valence-electron chi connectivity index (χ4n) is 1.84. The van der Waals surface area contributed by atoms with Gasteiger partial charge in [0.15, 0.2) is 5.15 Å². The molecular formula is C12H14Cl2N2O2. The summed E-state index contributed by atoms with van der Waals surface area (Å²) in [5.74, 6) is 0. The van der Waals surface area contributed by atoms with Gasteiger partial charge < -0.3 is 4.74 Å². The van der Waals surface area contributed by atoms with Crippen molar-refractivity contribution >= 4 is 35.0 Å². The molecule has 4 nitrogen and oxygen atoms in total. The van der Waals surface area contributed by atoms with Gasteiger partial charge in [-0.25, -0.2) is 9.78 Å². The monoisotopic (exact) mass is 288 g/mol. The lowest BCUT2D eigenvalue weighted by molar-refractivity contribution is 0.0584. The van der Waals surface area contributed by atoms with Crippen LogP contribution in [0.25, 0.3) is 0 Å². The summed E-state index contributed by atoms with van der Waals surface area (Å²) < 4.78 is 5.33. The lowest BCUT2D eigenvalue weighted by Crippen LogP contribution is -2.35. The minimum Gasteiger partial charge on any atom is -0.443 e. The van der Waals surface area contributed by atoms with Crippen LogP contribution in [0, 0.1) is 0 Å². The largest absolute Gasteiger partial charge is 0.443 e. The van der Waals surface area contributed by atoms with Crippen molar-refractivity contribution in [1.29, 1.82) is 0 Å². The maximum absolute atomic E-state index is 12.0. The Kier molecular flexibility index (Phi) is 3.43. The van der Waals surface area contributed by atoms with Crippen LogP contribution < -0.4 is 4.90 Å². The lowest BCUT2D eigenvalue weighted by Gasteiger charge is -2.25. The zero-order valence-corrected chi connectivity index (χ0v) is 12.0. The average Bonchev–Trinajstić information content (AvgIpc) is 2.58. The molecule has 0 fully saturated rings. The molecule has 0 aromatic carbocycles. The third kappa shape index (κ3) is 2.70. The Morgan fingerprint density at radius 1 is 1.44 bits per heavy atom. The maximum atomic E-state index is 12.0. The van der Waals surface area contributed by atoms with E-state index < -0.39 is 11.7 Å². The van der Waals surface area contributed by atoms with Gasteiger partial charge in [-0.3, -0.25) is 4.90 Å². The van der Waals surface area contributed by atoms with Gasteiger partial charge in [-0.1, -0.05) is 23.2 Å². The maximum Gasteiger partial charge on any atom is 0.414 e. The molecule has 1 aliphatic rings. The Hall–Kier alpha value is -1.00. The lowest BCUT2D eigenvalue weighted by atomic mass is 10.2. The van der Waals surface area contributed by atoms with Crippen LogP contribution >= 0.6 is 23.2 Å². The second kappa shape index (κ2) is 4.59. The van der Waals surface area contributed by atoms with Crippen molar-refractivity contribution < 1.29 is 9.53 Å². The minimum atomic E-state index is -0.536. The van der Waals surface area contributed by atoms with E-state index in [1.165, 1.54) is 4.90 Å². The van der Waals surface area contributed by atoms with Crippen LogP contribution in [0.2, 0.25) is 10.3 Å². The van der Waals surface area contributed by atoms with Gasteiger partial charge >= 0.3 is 6.09 Å². The van der Waals surface area contributed by atoms with Crippen molar-refractivity contribution in [3.05, 3.63) is 21.9 Å². The number of fused-ring (bicyclic) bond motifs is 1. The summed E-state index contributed by atoms with van der Waals surface area (Å²) in [6.45, 7) is 6.00. The number of anilines is 1. The first-order valence-electron chi connectivity index (χ1n) is 5.63. The number of aromatic nitrogens is 1. The minimum absolute atomic E-state index is 0.237. The SMILES string of the molecule is CC(C)(C)OC(=O)N1CCc2cc(Cl)nc(Cl)c21. The Balaban J connectivity index is 2.29. The van der Waals surface area contributed by atoms with Gasteiger partial charge in [-0.15, -0.1) is 0 Å². The molecule has 0 aliphatic carbocycles. The second-order valence-corrected chi connectivity index (χ2v) is 5.87. The first-order valence-corrected chi connectivity index (χ1v) is 6.39. The van der Waals surface area contributed by atoms with Crippen molar-refractivity contribution in [3.8, 4) is 0 Å². The molecule has 1 aromatic heterocycles. The summed E-state index contributed by atoms with van der Waals surface area (Å²) in [5, 5.41) is 0.575. The zero-order chi connectivity index (χ0) is 13.5. The van der Waals surface area contributed by atoms with Crippen molar-refractivity contribution in [2.45, 2.75) is 32.8 Å². The number of amides is 1. The third-order valence-electron chi connectivity index (χ3n) is 2.49. The third-order valence-corrected chi connectivity index (χ3v) is 2.94. The van der Waals surface area contributed by atoms with E-state index in [4.69, 9.17) is 27.9 Å². The number of hydrogen-bond acceptors (Lipinski definition) is 3. The second-order valence-electron chi connectivity index (χ2n) is 5.13. The van der Waals surface area contributed by atoms with Gasteiger partial charge in [-0.05, 0) is 38.8 Å². The Morgan fingerprint density at radius 3 is 2.72 bits per heavy atom. The summed E-state index contributed by atoms with van der Waals surface area (Å²) in [6.07, 6.45) is 0.295. The summed E-state index contributed by atoms with van der Waals surface area (Å²) in [6, 6.07) is 1.73. The number of halogens is 2. The van der Waals surface area contributed by atoms with E-state index in [1.807, 2.05) is 20.8 Å². The smallest absolute Gasteiger partial charge is 0.414 e. The quantitative estimate of drug-likeness (QED) is 0.684. The van der Waals surface area contributed by atoms with Gasteiger partial charge in [0.1, 0.15) is 10.8 Å². The van der Waals surface area contributed by atoms with Crippen LogP contribution in [0.15, 0.2) is 6.07 Å². The van der Waals surface area contributed by atoms with Gasteiger partial charge in [0.25, 0.3) is 0 Å². The van der Waals surface area contributed by atoms with Gasteiger partial charge in [0.2, 0.25) is 0 Å². The van der Waals surface area contributed by atoms with Crippen molar-refractivity contribution in [3.63, 3.8) is 0 Å². The van der Waals surface area contributed by atoms with Crippen LogP contribution in [0.5, 0.6) is 0 Å². The van der Waals surface area contributed by atoms with Crippen LogP contribution in [0.3, 0.4) is 0 Å².